The van der Waals surface area contributed by atoms with Crippen molar-refractivity contribution < 1.29 is 9.90 Å². The Morgan fingerprint density at radius 1 is 1.39 bits per heavy atom. The first kappa shape index (κ1) is 12.8. The predicted molar refractivity (Wildman–Crippen MR) is 66.9 cm³/mol. The van der Waals surface area contributed by atoms with Gasteiger partial charge in [-0.05, 0) is 18.4 Å². The lowest BCUT2D eigenvalue weighted by Crippen LogP contribution is -2.34. The standard InChI is InChI=1S/C13H18N2O3/c16-11-4-3-10(8-14-11)9-15-12(17)7-13(18)5-1-2-6-13/h3-4,8,18H,1-2,5-7,9H2,(H,14,16)(H,15,17). The number of amides is 1. The molecule has 1 aromatic rings. The van der Waals surface area contributed by atoms with Crippen molar-refractivity contribution in [3.63, 3.8) is 0 Å². The van der Waals surface area contributed by atoms with Crippen LogP contribution in [0.15, 0.2) is 23.1 Å². The molecule has 1 heterocycles. The fourth-order valence-corrected chi connectivity index (χ4v) is 2.32. The Hall–Kier alpha value is -1.62. The summed E-state index contributed by atoms with van der Waals surface area (Å²) in [6, 6.07) is 3.09. The molecule has 0 aromatic carbocycles. The molecule has 0 radical (unpaired) electrons. The fraction of sp³-hybridized carbons (Fsp3) is 0.538. The van der Waals surface area contributed by atoms with Gasteiger partial charge in [0.2, 0.25) is 11.5 Å². The molecule has 5 heteroatoms. The van der Waals surface area contributed by atoms with Crippen molar-refractivity contribution in [2.45, 2.75) is 44.2 Å². The number of carbonyl (C=O) groups excluding carboxylic acids is 1. The molecule has 2 rings (SSSR count). The van der Waals surface area contributed by atoms with Gasteiger partial charge in [0.15, 0.2) is 0 Å². The monoisotopic (exact) mass is 250 g/mol. The van der Waals surface area contributed by atoms with Crippen molar-refractivity contribution in [2.75, 3.05) is 0 Å². The van der Waals surface area contributed by atoms with Crippen molar-refractivity contribution in [2.24, 2.45) is 0 Å². The molecule has 0 atom stereocenters. The van der Waals surface area contributed by atoms with Gasteiger partial charge in [-0.2, -0.15) is 0 Å². The van der Waals surface area contributed by atoms with Crippen molar-refractivity contribution in [3.05, 3.63) is 34.2 Å². The van der Waals surface area contributed by atoms with E-state index in [1.807, 2.05) is 0 Å². The summed E-state index contributed by atoms with van der Waals surface area (Å²) in [5, 5.41) is 12.8. The molecule has 18 heavy (non-hydrogen) atoms. The highest BCUT2D eigenvalue weighted by Crippen LogP contribution is 2.32. The summed E-state index contributed by atoms with van der Waals surface area (Å²) >= 11 is 0. The van der Waals surface area contributed by atoms with Gasteiger partial charge < -0.3 is 15.4 Å². The minimum atomic E-state index is -0.810. The van der Waals surface area contributed by atoms with E-state index in [4.69, 9.17) is 0 Å². The number of rotatable bonds is 4. The summed E-state index contributed by atoms with van der Waals surface area (Å²) in [6.07, 6.45) is 5.13. The van der Waals surface area contributed by atoms with Gasteiger partial charge in [-0.15, -0.1) is 0 Å². The van der Waals surface area contributed by atoms with Gasteiger partial charge >= 0.3 is 0 Å². The maximum Gasteiger partial charge on any atom is 0.247 e. The Morgan fingerprint density at radius 2 is 2.11 bits per heavy atom. The zero-order chi connectivity index (χ0) is 13.0. The highest BCUT2D eigenvalue weighted by Gasteiger charge is 2.33. The van der Waals surface area contributed by atoms with Crippen molar-refractivity contribution >= 4 is 5.91 Å². The first-order chi connectivity index (χ1) is 8.57. The van der Waals surface area contributed by atoms with E-state index in [1.165, 1.54) is 6.07 Å². The topological polar surface area (TPSA) is 82.2 Å². The average molecular weight is 250 g/mol. The van der Waals surface area contributed by atoms with Crippen molar-refractivity contribution in [1.29, 1.82) is 0 Å². The smallest absolute Gasteiger partial charge is 0.247 e. The van der Waals surface area contributed by atoms with Crippen LogP contribution < -0.4 is 10.9 Å². The number of carbonyl (C=O) groups is 1. The summed E-state index contributed by atoms with van der Waals surface area (Å²) < 4.78 is 0. The Labute approximate surface area is 105 Å². The van der Waals surface area contributed by atoms with Crippen LogP contribution >= 0.6 is 0 Å². The maximum absolute atomic E-state index is 11.7. The molecule has 0 spiro atoms. The van der Waals surface area contributed by atoms with Crippen LogP contribution in [0.2, 0.25) is 0 Å². The highest BCUT2D eigenvalue weighted by atomic mass is 16.3. The Kier molecular flexibility index (Phi) is 3.81. The number of nitrogens with one attached hydrogen (secondary N) is 2. The van der Waals surface area contributed by atoms with Gasteiger partial charge in [0.1, 0.15) is 0 Å². The molecule has 1 fully saturated rings. The third kappa shape index (κ3) is 3.43. The summed E-state index contributed by atoms with van der Waals surface area (Å²) in [4.78, 5) is 25.1. The van der Waals surface area contributed by atoms with Gasteiger partial charge in [0, 0.05) is 18.8 Å². The number of aromatic amines is 1. The lowest BCUT2D eigenvalue weighted by molar-refractivity contribution is -0.126. The Bertz CT molecular complexity index is 455. The second-order valence-electron chi connectivity index (χ2n) is 4.95. The largest absolute Gasteiger partial charge is 0.389 e. The molecule has 1 aliphatic rings. The zero-order valence-corrected chi connectivity index (χ0v) is 10.2. The molecule has 0 aliphatic heterocycles. The molecule has 5 nitrogen and oxygen atoms in total. The number of aromatic nitrogens is 1. The molecule has 0 unspecified atom stereocenters. The lowest BCUT2D eigenvalue weighted by atomic mass is 9.98. The zero-order valence-electron chi connectivity index (χ0n) is 10.2. The van der Waals surface area contributed by atoms with Crippen LogP contribution in [0.1, 0.15) is 37.7 Å². The number of aliphatic hydroxyl groups is 1. The van der Waals surface area contributed by atoms with Gasteiger partial charge in [-0.3, -0.25) is 9.59 Å². The van der Waals surface area contributed by atoms with E-state index in [2.05, 4.69) is 10.3 Å². The average Bonchev–Trinajstić information content (AvgIpc) is 2.75. The quantitative estimate of drug-likeness (QED) is 0.735. The predicted octanol–water partition coefficient (Wildman–Crippen LogP) is 0.686. The second-order valence-corrected chi connectivity index (χ2v) is 4.95. The van der Waals surface area contributed by atoms with Gasteiger partial charge in [-0.1, -0.05) is 18.9 Å². The van der Waals surface area contributed by atoms with Crippen LogP contribution in [0.5, 0.6) is 0 Å². The highest BCUT2D eigenvalue weighted by molar-refractivity contribution is 5.77. The van der Waals surface area contributed by atoms with E-state index >= 15 is 0 Å². The minimum Gasteiger partial charge on any atom is -0.389 e. The van der Waals surface area contributed by atoms with Crippen molar-refractivity contribution in [1.82, 2.24) is 10.3 Å². The molecule has 1 aromatic heterocycles. The molecule has 98 valence electrons. The normalized spacial score (nSPS) is 17.6. The van der Waals surface area contributed by atoms with Gasteiger partial charge in [0.05, 0.1) is 12.0 Å². The van der Waals surface area contributed by atoms with Crippen LogP contribution in [0.25, 0.3) is 0 Å². The summed E-state index contributed by atoms with van der Waals surface area (Å²) in [6.45, 7) is 0.367. The Morgan fingerprint density at radius 3 is 2.72 bits per heavy atom. The number of pyridine rings is 1. The van der Waals surface area contributed by atoms with Crippen molar-refractivity contribution in [3.8, 4) is 0 Å². The molecular weight excluding hydrogens is 232 g/mol. The van der Waals surface area contributed by atoms with E-state index < -0.39 is 5.60 Å². The molecular formula is C13H18N2O3. The van der Waals surface area contributed by atoms with Crippen LogP contribution in [-0.4, -0.2) is 21.6 Å². The molecule has 0 bridgehead atoms. The summed E-state index contributed by atoms with van der Waals surface area (Å²) in [5.74, 6) is -0.148. The minimum absolute atomic E-state index is 0.148. The third-order valence-corrected chi connectivity index (χ3v) is 3.36. The van der Waals surface area contributed by atoms with Crippen LogP contribution in [0.3, 0.4) is 0 Å². The van der Waals surface area contributed by atoms with Crippen LogP contribution in [-0.2, 0) is 11.3 Å². The van der Waals surface area contributed by atoms with E-state index in [9.17, 15) is 14.7 Å². The second kappa shape index (κ2) is 5.35. The van der Waals surface area contributed by atoms with E-state index in [1.54, 1.807) is 12.3 Å². The molecule has 3 N–H and O–H groups in total. The van der Waals surface area contributed by atoms with Gasteiger partial charge in [0.25, 0.3) is 0 Å². The maximum atomic E-state index is 11.7. The summed E-state index contributed by atoms with van der Waals surface area (Å²) in [5.41, 5.74) is -0.138. The molecule has 0 saturated heterocycles. The SMILES string of the molecule is O=C(CC1(O)CCCC1)NCc1ccc(=O)[nH]c1. The van der Waals surface area contributed by atoms with Crippen LogP contribution in [0.4, 0.5) is 0 Å². The van der Waals surface area contributed by atoms with Crippen LogP contribution in [0, 0.1) is 0 Å². The number of hydrogen-bond acceptors (Lipinski definition) is 3. The summed E-state index contributed by atoms with van der Waals surface area (Å²) in [7, 11) is 0. The first-order valence-corrected chi connectivity index (χ1v) is 6.24. The Balaban J connectivity index is 1.81. The number of H-pyrrole nitrogens is 1. The van der Waals surface area contributed by atoms with E-state index in [-0.39, 0.29) is 17.9 Å². The van der Waals surface area contributed by atoms with E-state index in [0.717, 1.165) is 18.4 Å². The number of hydrogen-bond donors (Lipinski definition) is 3. The molecule has 1 aliphatic carbocycles. The van der Waals surface area contributed by atoms with E-state index in [0.29, 0.717) is 19.4 Å². The fourth-order valence-electron chi connectivity index (χ4n) is 2.32. The lowest BCUT2D eigenvalue weighted by Gasteiger charge is -2.21. The van der Waals surface area contributed by atoms with Gasteiger partial charge in [-0.25, -0.2) is 0 Å². The first-order valence-electron chi connectivity index (χ1n) is 6.24. The molecule has 1 saturated carbocycles. The molecule has 1 amide bonds. The third-order valence-electron chi connectivity index (χ3n) is 3.36.